The predicted molar refractivity (Wildman–Crippen MR) is 122 cm³/mol. The molecule has 0 saturated carbocycles. The third-order valence-electron chi connectivity index (χ3n) is 3.96. The van der Waals surface area contributed by atoms with E-state index in [4.69, 9.17) is 9.73 Å². The Balaban J connectivity index is 0.000000490. The number of nitrogens with zero attached hydrogens (tertiary/aromatic N) is 3. The number of rotatable bonds is 6. The molecule has 1 unspecified atom stereocenters. The third kappa shape index (κ3) is 6.27. The molecule has 0 bridgehead atoms. The summed E-state index contributed by atoms with van der Waals surface area (Å²) < 4.78 is 6.28. The number of pyridine rings is 1. The summed E-state index contributed by atoms with van der Waals surface area (Å²) in [6, 6.07) is 7.93. The smallest absolute Gasteiger partial charge is 0.197 e. The van der Waals surface area contributed by atoms with E-state index in [-0.39, 0.29) is 0 Å². The molecule has 2 heterocycles. The molecule has 152 valence electrons. The summed E-state index contributed by atoms with van der Waals surface area (Å²) in [6.45, 7) is 12.6. The predicted octanol–water partition coefficient (Wildman–Crippen LogP) is 5.72. The molecule has 1 atom stereocenters. The Labute approximate surface area is 169 Å². The van der Waals surface area contributed by atoms with Gasteiger partial charge in [-0.3, -0.25) is 20.3 Å². The molecule has 2 aromatic rings. The van der Waals surface area contributed by atoms with Crippen LogP contribution in [-0.2, 0) is 0 Å². The number of ether oxygens (including phenoxy) is 1. The van der Waals surface area contributed by atoms with Gasteiger partial charge in [0.2, 0.25) is 0 Å². The first-order valence-electron chi connectivity index (χ1n) is 10.1. The minimum atomic E-state index is -0.479. The monoisotopic (exact) mass is 382 g/mol. The normalized spacial score (nSPS) is 17.0. The van der Waals surface area contributed by atoms with Gasteiger partial charge < -0.3 is 4.74 Å². The first kappa shape index (κ1) is 23.5. The fourth-order valence-corrected chi connectivity index (χ4v) is 2.82. The zero-order valence-electron chi connectivity index (χ0n) is 17.9. The van der Waals surface area contributed by atoms with Gasteiger partial charge in [0.1, 0.15) is 11.4 Å². The largest absolute Gasteiger partial charge is 0.465 e. The average molecular weight is 383 g/mol. The van der Waals surface area contributed by atoms with Crippen molar-refractivity contribution in [1.82, 2.24) is 10.3 Å². The number of allylic oxidation sites excluding steroid dienone is 1. The van der Waals surface area contributed by atoms with Gasteiger partial charge in [0.15, 0.2) is 5.72 Å². The van der Waals surface area contributed by atoms with Gasteiger partial charge in [-0.2, -0.15) is 0 Å². The van der Waals surface area contributed by atoms with Crippen LogP contribution in [0.15, 0.2) is 53.1 Å². The van der Waals surface area contributed by atoms with Crippen molar-refractivity contribution >= 4 is 29.0 Å². The Morgan fingerprint density at radius 2 is 2.00 bits per heavy atom. The van der Waals surface area contributed by atoms with Gasteiger partial charge in [0, 0.05) is 31.3 Å². The quantitative estimate of drug-likeness (QED) is 0.650. The molecule has 1 aliphatic rings. The Kier molecular flexibility index (Phi) is 10.7. The van der Waals surface area contributed by atoms with Crippen molar-refractivity contribution in [2.75, 3.05) is 13.6 Å². The van der Waals surface area contributed by atoms with E-state index in [1.165, 1.54) is 0 Å². The zero-order valence-corrected chi connectivity index (χ0v) is 17.9. The van der Waals surface area contributed by atoms with E-state index in [0.717, 1.165) is 48.1 Å². The van der Waals surface area contributed by atoms with E-state index < -0.39 is 5.72 Å². The molecule has 3 rings (SSSR count). The number of nitrogens with one attached hydrogen (secondary N) is 1. The fourth-order valence-electron chi connectivity index (χ4n) is 2.82. The topological polar surface area (TPSA) is 58.9 Å². The zero-order chi connectivity index (χ0) is 20.8. The van der Waals surface area contributed by atoms with E-state index >= 15 is 0 Å². The van der Waals surface area contributed by atoms with E-state index in [1.54, 1.807) is 25.5 Å². The Morgan fingerprint density at radius 3 is 2.61 bits per heavy atom. The molecule has 0 spiro atoms. The third-order valence-corrected chi connectivity index (χ3v) is 3.96. The van der Waals surface area contributed by atoms with Gasteiger partial charge in [-0.25, -0.2) is 0 Å². The van der Waals surface area contributed by atoms with Crippen LogP contribution in [0.5, 0.6) is 5.75 Å². The SMILES string of the molecule is C=CC=NC.CC.CCCNC1(CCC)C=Nc2c(ccc3ncccc23)O1. The molecule has 1 N–H and O–H groups in total. The first-order chi connectivity index (χ1) is 13.7. The van der Waals surface area contributed by atoms with Crippen LogP contribution < -0.4 is 10.1 Å². The fraction of sp³-hybridized carbons (Fsp3) is 0.435. The van der Waals surface area contributed by atoms with Crippen molar-refractivity contribution in [1.29, 1.82) is 0 Å². The van der Waals surface area contributed by atoms with E-state index in [1.807, 2.05) is 44.3 Å². The molecule has 5 nitrogen and oxygen atoms in total. The molecule has 5 heteroatoms. The molecule has 0 fully saturated rings. The number of benzene rings is 1. The summed E-state index contributed by atoms with van der Waals surface area (Å²) in [5, 5.41) is 4.52. The van der Waals surface area contributed by atoms with Crippen LogP contribution in [0.4, 0.5) is 5.69 Å². The van der Waals surface area contributed by atoms with Crippen LogP contribution >= 0.6 is 0 Å². The lowest BCUT2D eigenvalue weighted by atomic mass is 10.1. The summed E-state index contributed by atoms with van der Waals surface area (Å²) in [6.07, 6.45) is 10.00. The van der Waals surface area contributed by atoms with Gasteiger partial charge in [0.05, 0.1) is 11.7 Å². The van der Waals surface area contributed by atoms with Gasteiger partial charge in [-0.1, -0.05) is 46.8 Å². The summed E-state index contributed by atoms with van der Waals surface area (Å²) in [7, 11) is 1.71. The molecular formula is C23H34N4O. The number of hydrogen-bond donors (Lipinski definition) is 1. The maximum absolute atomic E-state index is 6.28. The van der Waals surface area contributed by atoms with Crippen molar-refractivity contribution in [3.8, 4) is 5.75 Å². The standard InChI is InChI=1S/C17H21N3O.C4H7N.C2H6/c1-3-9-17(20-10-4-2)12-19-16-13-6-5-11-18-14(13)7-8-15(16)21-17;1-3-4-5-2;1-2/h5-8,11-12,20H,3-4,9-10H2,1-2H3;3-4H,1H2,2H3;1-2H3. The summed E-state index contributed by atoms with van der Waals surface area (Å²) in [5.74, 6) is 0.829. The highest BCUT2D eigenvalue weighted by molar-refractivity contribution is 5.96. The van der Waals surface area contributed by atoms with Crippen molar-refractivity contribution in [3.63, 3.8) is 0 Å². The van der Waals surface area contributed by atoms with E-state index in [2.05, 4.69) is 35.7 Å². The number of hydrogen-bond acceptors (Lipinski definition) is 5. The summed E-state index contributed by atoms with van der Waals surface area (Å²) in [5.41, 5.74) is 1.35. The summed E-state index contributed by atoms with van der Waals surface area (Å²) in [4.78, 5) is 12.7. The Bertz CT molecular complexity index is 785. The average Bonchev–Trinajstić information content (AvgIpc) is 2.75. The molecule has 28 heavy (non-hydrogen) atoms. The molecular weight excluding hydrogens is 348 g/mol. The van der Waals surface area contributed by atoms with Crippen molar-refractivity contribution < 1.29 is 4.74 Å². The molecule has 1 aromatic heterocycles. The second kappa shape index (κ2) is 12.8. The highest BCUT2D eigenvalue weighted by Gasteiger charge is 2.33. The van der Waals surface area contributed by atoms with E-state index in [0.29, 0.717) is 0 Å². The van der Waals surface area contributed by atoms with Crippen molar-refractivity contribution in [3.05, 3.63) is 43.1 Å². The van der Waals surface area contributed by atoms with Crippen molar-refractivity contribution in [2.45, 2.75) is 52.7 Å². The lowest BCUT2D eigenvalue weighted by molar-refractivity contribution is 0.0951. The molecule has 1 aromatic carbocycles. The Hall–Kier alpha value is -2.53. The van der Waals surface area contributed by atoms with Crippen LogP contribution in [0.25, 0.3) is 10.9 Å². The van der Waals surface area contributed by atoms with E-state index in [9.17, 15) is 0 Å². The number of fused-ring (bicyclic) bond motifs is 3. The van der Waals surface area contributed by atoms with Gasteiger partial charge in [0.25, 0.3) is 0 Å². The first-order valence-corrected chi connectivity index (χ1v) is 10.1. The van der Waals surface area contributed by atoms with Crippen LogP contribution in [0.1, 0.15) is 47.0 Å². The lowest BCUT2D eigenvalue weighted by Crippen LogP contribution is -2.53. The van der Waals surface area contributed by atoms with Gasteiger partial charge in [-0.15, -0.1) is 0 Å². The van der Waals surface area contributed by atoms with Crippen LogP contribution in [0.2, 0.25) is 0 Å². The maximum Gasteiger partial charge on any atom is 0.197 e. The highest BCUT2D eigenvalue weighted by atomic mass is 16.5. The number of aromatic nitrogens is 1. The minimum Gasteiger partial charge on any atom is -0.465 e. The second-order valence-electron chi connectivity index (χ2n) is 6.05. The van der Waals surface area contributed by atoms with Crippen LogP contribution in [0.3, 0.4) is 0 Å². The molecule has 0 amide bonds. The number of aliphatic imine (C=N–C) groups is 2. The van der Waals surface area contributed by atoms with Crippen LogP contribution in [-0.4, -0.2) is 36.7 Å². The Morgan fingerprint density at radius 1 is 1.21 bits per heavy atom. The van der Waals surface area contributed by atoms with Crippen molar-refractivity contribution in [2.24, 2.45) is 9.98 Å². The molecule has 1 aliphatic heterocycles. The molecule has 0 saturated heterocycles. The molecule has 0 aliphatic carbocycles. The molecule has 0 radical (unpaired) electrons. The second-order valence-corrected chi connectivity index (χ2v) is 6.05. The van der Waals surface area contributed by atoms with Crippen LogP contribution in [0, 0.1) is 0 Å². The maximum atomic E-state index is 6.28. The lowest BCUT2D eigenvalue weighted by Gasteiger charge is -2.35. The highest BCUT2D eigenvalue weighted by Crippen LogP contribution is 2.39. The summed E-state index contributed by atoms with van der Waals surface area (Å²) >= 11 is 0. The van der Waals surface area contributed by atoms with Gasteiger partial charge >= 0.3 is 0 Å². The van der Waals surface area contributed by atoms with Gasteiger partial charge in [-0.05, 0) is 37.2 Å². The minimum absolute atomic E-state index is 0.479.